The molecule has 184 valence electrons. The van der Waals surface area contributed by atoms with E-state index in [0.29, 0.717) is 23.3 Å². The van der Waals surface area contributed by atoms with E-state index in [9.17, 15) is 19.2 Å². The molecule has 0 aliphatic heterocycles. The third-order valence-corrected chi connectivity index (χ3v) is 5.03. The molecule has 0 unspecified atom stereocenters. The van der Waals surface area contributed by atoms with Gasteiger partial charge in [-0.3, -0.25) is 25.2 Å². The van der Waals surface area contributed by atoms with E-state index in [1.54, 1.807) is 33.0 Å². The number of H-pyrrole nitrogens is 1. The standard InChI is InChI=1S/C22H30N6O5S/c1-5-14-8-6-7-9-15(14)25-18(29)13-34-21(32)28-27-19(30)16(12-17-23-10-11-24-17)26-20(31)33-22(2,3)4/h6-11,16H,5,12-13H2,1-4H3,(H,23,24)(H,25,29)(H,26,31)(H,27,30)(H,28,32)/t16-/m1/s1. The van der Waals surface area contributed by atoms with Gasteiger partial charge in [0, 0.05) is 24.5 Å². The Morgan fingerprint density at radius 1 is 1.15 bits per heavy atom. The summed E-state index contributed by atoms with van der Waals surface area (Å²) in [5, 5.41) is 4.60. The van der Waals surface area contributed by atoms with E-state index in [1.807, 2.05) is 25.1 Å². The van der Waals surface area contributed by atoms with Crippen LogP contribution in [0.1, 0.15) is 39.1 Å². The Bertz CT molecular complexity index is 990. The monoisotopic (exact) mass is 490 g/mol. The summed E-state index contributed by atoms with van der Waals surface area (Å²) in [7, 11) is 0. The van der Waals surface area contributed by atoms with Gasteiger partial charge >= 0.3 is 6.09 Å². The lowest BCUT2D eigenvalue weighted by atomic mass is 10.1. The first kappa shape index (κ1) is 26.7. The van der Waals surface area contributed by atoms with Gasteiger partial charge in [-0.15, -0.1) is 0 Å². The minimum absolute atomic E-state index is 0.0420. The number of hydrogen-bond donors (Lipinski definition) is 5. The van der Waals surface area contributed by atoms with Crippen molar-refractivity contribution in [1.29, 1.82) is 0 Å². The molecular weight excluding hydrogens is 460 g/mol. The maximum atomic E-state index is 12.6. The molecule has 5 N–H and O–H groups in total. The number of carbonyl (C=O) groups excluding carboxylic acids is 4. The Balaban J connectivity index is 1.85. The van der Waals surface area contributed by atoms with Crippen LogP contribution in [0.3, 0.4) is 0 Å². The highest BCUT2D eigenvalue weighted by molar-refractivity contribution is 8.14. The van der Waals surface area contributed by atoms with E-state index in [1.165, 1.54) is 6.20 Å². The zero-order valence-electron chi connectivity index (χ0n) is 19.6. The van der Waals surface area contributed by atoms with Crippen LogP contribution < -0.4 is 21.5 Å². The number of anilines is 1. The quantitative estimate of drug-likeness (QED) is 0.356. The number of thioether (sulfide) groups is 1. The van der Waals surface area contributed by atoms with Gasteiger partial charge in [-0.25, -0.2) is 9.78 Å². The molecule has 4 amide bonds. The molecule has 0 saturated carbocycles. The number of imidazole rings is 1. The van der Waals surface area contributed by atoms with Gasteiger partial charge in [0.05, 0.1) is 5.75 Å². The number of amides is 4. The van der Waals surface area contributed by atoms with Crippen molar-refractivity contribution in [3.8, 4) is 0 Å². The molecule has 0 saturated heterocycles. The van der Waals surface area contributed by atoms with Gasteiger partial charge in [-0.1, -0.05) is 36.9 Å². The zero-order valence-corrected chi connectivity index (χ0v) is 20.4. The van der Waals surface area contributed by atoms with E-state index < -0.39 is 28.9 Å². The number of nitrogens with one attached hydrogen (secondary N) is 5. The van der Waals surface area contributed by atoms with Gasteiger partial charge in [0.25, 0.3) is 11.1 Å². The lowest BCUT2D eigenvalue weighted by Gasteiger charge is -2.23. The topological polar surface area (TPSA) is 154 Å². The Morgan fingerprint density at radius 2 is 1.88 bits per heavy atom. The highest BCUT2D eigenvalue weighted by atomic mass is 32.2. The van der Waals surface area contributed by atoms with Crippen molar-refractivity contribution in [2.24, 2.45) is 0 Å². The van der Waals surface area contributed by atoms with Crippen LogP contribution in [0, 0.1) is 0 Å². The summed E-state index contributed by atoms with van der Waals surface area (Å²) in [6.45, 7) is 7.07. The average Bonchev–Trinajstić information content (AvgIpc) is 3.28. The van der Waals surface area contributed by atoms with E-state index >= 15 is 0 Å². The molecule has 0 spiro atoms. The van der Waals surface area contributed by atoms with E-state index in [-0.39, 0.29) is 18.1 Å². The molecule has 0 aliphatic carbocycles. The fourth-order valence-corrected chi connectivity index (χ4v) is 3.22. The SMILES string of the molecule is CCc1ccccc1NC(=O)CSC(=O)NNC(=O)[C@@H](Cc1ncc[nH]1)NC(=O)OC(C)(C)C. The number of aryl methyl sites for hydroxylation is 1. The van der Waals surface area contributed by atoms with Crippen molar-refractivity contribution in [3.05, 3.63) is 48.0 Å². The number of carbonyl (C=O) groups is 4. The molecule has 1 aromatic carbocycles. The second-order valence-electron chi connectivity index (χ2n) is 8.19. The fraction of sp³-hybridized carbons (Fsp3) is 0.409. The van der Waals surface area contributed by atoms with Gasteiger partial charge in [-0.2, -0.15) is 0 Å². The molecule has 12 heteroatoms. The van der Waals surface area contributed by atoms with Gasteiger partial charge in [0.1, 0.15) is 17.5 Å². The van der Waals surface area contributed by atoms with Gasteiger partial charge in [-0.05, 0) is 38.8 Å². The Morgan fingerprint density at radius 3 is 2.53 bits per heavy atom. The molecule has 1 heterocycles. The third kappa shape index (κ3) is 9.53. The number of benzene rings is 1. The number of para-hydroxylation sites is 1. The van der Waals surface area contributed by atoms with Gasteiger partial charge < -0.3 is 20.4 Å². The predicted molar refractivity (Wildman–Crippen MR) is 129 cm³/mol. The zero-order chi connectivity index (χ0) is 25.1. The third-order valence-electron chi connectivity index (χ3n) is 4.25. The number of hydrazine groups is 1. The normalized spacial score (nSPS) is 11.8. The smallest absolute Gasteiger partial charge is 0.408 e. The Labute approximate surface area is 202 Å². The lowest BCUT2D eigenvalue weighted by molar-refractivity contribution is -0.123. The number of ether oxygens (including phenoxy) is 1. The second kappa shape index (κ2) is 12.6. The van der Waals surface area contributed by atoms with Crippen LogP contribution in [0.5, 0.6) is 0 Å². The minimum Gasteiger partial charge on any atom is -0.444 e. The predicted octanol–water partition coefficient (Wildman–Crippen LogP) is 2.52. The first-order valence-corrected chi connectivity index (χ1v) is 11.6. The van der Waals surface area contributed by atoms with Crippen molar-refractivity contribution in [2.75, 3.05) is 11.1 Å². The summed E-state index contributed by atoms with van der Waals surface area (Å²) >= 11 is 0.691. The van der Waals surface area contributed by atoms with E-state index in [0.717, 1.165) is 12.0 Å². The summed E-state index contributed by atoms with van der Waals surface area (Å²) in [5.41, 5.74) is 5.41. The van der Waals surface area contributed by atoms with Crippen molar-refractivity contribution in [1.82, 2.24) is 26.1 Å². The molecule has 34 heavy (non-hydrogen) atoms. The molecule has 0 bridgehead atoms. The molecule has 1 aromatic heterocycles. The molecule has 1 atom stereocenters. The number of hydrogen-bond acceptors (Lipinski definition) is 7. The number of aromatic amines is 1. The van der Waals surface area contributed by atoms with Crippen LogP contribution in [0.25, 0.3) is 0 Å². The summed E-state index contributed by atoms with van der Waals surface area (Å²) in [6, 6.07) is 6.33. The van der Waals surface area contributed by atoms with Crippen LogP contribution in [-0.4, -0.2) is 50.5 Å². The summed E-state index contributed by atoms with van der Waals surface area (Å²) < 4.78 is 5.20. The highest BCUT2D eigenvalue weighted by Crippen LogP contribution is 2.16. The molecule has 0 radical (unpaired) electrons. The molecule has 0 fully saturated rings. The molecule has 0 aliphatic rings. The Hall–Kier alpha value is -3.54. The number of rotatable bonds is 8. The van der Waals surface area contributed by atoms with Crippen LogP contribution in [-0.2, 0) is 27.2 Å². The largest absolute Gasteiger partial charge is 0.444 e. The maximum Gasteiger partial charge on any atom is 0.408 e. The molecular formula is C22H30N6O5S. The van der Waals surface area contributed by atoms with Gasteiger partial charge in [0.15, 0.2) is 0 Å². The fourth-order valence-electron chi connectivity index (χ4n) is 2.77. The van der Waals surface area contributed by atoms with E-state index in [2.05, 4.69) is 31.5 Å². The van der Waals surface area contributed by atoms with Crippen LogP contribution >= 0.6 is 11.8 Å². The summed E-state index contributed by atoms with van der Waals surface area (Å²) in [5.74, 6) is -0.723. The number of nitrogens with zero attached hydrogens (tertiary/aromatic N) is 1. The summed E-state index contributed by atoms with van der Waals surface area (Å²) in [6.07, 6.45) is 3.11. The van der Waals surface area contributed by atoms with Crippen molar-refractivity contribution >= 4 is 40.6 Å². The van der Waals surface area contributed by atoms with Crippen molar-refractivity contribution in [3.63, 3.8) is 0 Å². The summed E-state index contributed by atoms with van der Waals surface area (Å²) in [4.78, 5) is 55.9. The average molecular weight is 491 g/mol. The first-order valence-electron chi connectivity index (χ1n) is 10.7. The van der Waals surface area contributed by atoms with Gasteiger partial charge in [0.2, 0.25) is 5.91 Å². The number of aromatic nitrogens is 2. The van der Waals surface area contributed by atoms with E-state index in [4.69, 9.17) is 4.74 Å². The Kier molecular flexibility index (Phi) is 9.92. The number of alkyl carbamates (subject to hydrolysis) is 1. The van der Waals surface area contributed by atoms with Crippen LogP contribution in [0.4, 0.5) is 15.3 Å². The van der Waals surface area contributed by atoms with Crippen molar-refractivity contribution in [2.45, 2.75) is 52.2 Å². The molecule has 2 aromatic rings. The van der Waals surface area contributed by atoms with Crippen LogP contribution in [0.2, 0.25) is 0 Å². The first-order chi connectivity index (χ1) is 16.1. The van der Waals surface area contributed by atoms with Crippen LogP contribution in [0.15, 0.2) is 36.7 Å². The molecule has 2 rings (SSSR count). The van der Waals surface area contributed by atoms with Crippen molar-refractivity contribution < 1.29 is 23.9 Å². The molecule has 11 nitrogen and oxygen atoms in total. The highest BCUT2D eigenvalue weighted by Gasteiger charge is 2.26. The second-order valence-corrected chi connectivity index (χ2v) is 9.14. The minimum atomic E-state index is -1.07. The lowest BCUT2D eigenvalue weighted by Crippen LogP contribution is -2.53. The maximum absolute atomic E-state index is 12.6.